The second-order valence-corrected chi connectivity index (χ2v) is 7.11. The van der Waals surface area contributed by atoms with E-state index < -0.39 is 0 Å². The van der Waals surface area contributed by atoms with Gasteiger partial charge in [-0.1, -0.05) is 48.5 Å². The van der Waals surface area contributed by atoms with Crippen LogP contribution in [0.4, 0.5) is 0 Å². The van der Waals surface area contributed by atoms with Gasteiger partial charge in [0, 0.05) is 5.56 Å². The molecule has 3 aromatic rings. The molecule has 4 atom stereocenters. The number of hydrogen-bond acceptors (Lipinski definition) is 4. The van der Waals surface area contributed by atoms with Crippen molar-refractivity contribution in [3.8, 4) is 11.5 Å². The first-order valence-electron chi connectivity index (χ1n) is 9.49. The number of rotatable bonds is 5. The van der Waals surface area contributed by atoms with Gasteiger partial charge in [0.1, 0.15) is 17.7 Å². The van der Waals surface area contributed by atoms with Crippen molar-refractivity contribution in [2.24, 2.45) is 4.99 Å². The maximum absolute atomic E-state index is 5.62. The minimum Gasteiger partial charge on any atom is -0.497 e. The Hall–Kier alpha value is -3.11. The lowest BCUT2D eigenvalue weighted by atomic mass is 10.0. The van der Waals surface area contributed by atoms with Gasteiger partial charge in [-0.2, -0.15) is 0 Å². The Morgan fingerprint density at radius 1 is 0.750 bits per heavy atom. The van der Waals surface area contributed by atoms with E-state index in [1.165, 1.54) is 5.56 Å². The Labute approximate surface area is 165 Å². The molecule has 2 aliphatic rings. The van der Waals surface area contributed by atoms with Gasteiger partial charge in [0.05, 0.1) is 32.0 Å². The Morgan fingerprint density at radius 3 is 2.18 bits per heavy atom. The average molecular weight is 370 g/mol. The lowest BCUT2D eigenvalue weighted by Gasteiger charge is -2.17. The van der Waals surface area contributed by atoms with Crippen molar-refractivity contribution < 1.29 is 9.47 Å². The molecule has 5 rings (SSSR count). The van der Waals surface area contributed by atoms with Crippen LogP contribution < -0.4 is 9.47 Å². The topological polar surface area (TPSA) is 33.8 Å². The fourth-order valence-corrected chi connectivity index (χ4v) is 4.24. The number of ether oxygens (including phenoxy) is 2. The van der Waals surface area contributed by atoms with E-state index in [1.54, 1.807) is 14.2 Å². The van der Waals surface area contributed by atoms with Crippen LogP contribution in [0, 0.1) is 0 Å². The average Bonchev–Trinajstić information content (AvgIpc) is 3.38. The van der Waals surface area contributed by atoms with Crippen molar-refractivity contribution in [2.45, 2.75) is 18.2 Å². The Bertz CT molecular complexity index is 1010. The smallest absolute Gasteiger partial charge is 0.133 e. The van der Waals surface area contributed by atoms with Crippen LogP contribution in [0.5, 0.6) is 11.5 Å². The first kappa shape index (κ1) is 17.0. The molecule has 4 heteroatoms. The SMILES string of the molecule is COc1ccc(C2=N[C@@H](c3ccccc3OC)N3[C@@H]2[C@@H]3c2ccccc2)cc1. The second-order valence-electron chi connectivity index (χ2n) is 7.11. The number of hydrogen-bond donors (Lipinski definition) is 0. The van der Waals surface area contributed by atoms with Gasteiger partial charge in [-0.05, 0) is 41.5 Å². The maximum Gasteiger partial charge on any atom is 0.133 e. The van der Waals surface area contributed by atoms with Crippen molar-refractivity contribution >= 4 is 5.71 Å². The summed E-state index contributed by atoms with van der Waals surface area (Å²) in [5.41, 5.74) is 4.71. The minimum absolute atomic E-state index is 0.0385. The van der Waals surface area contributed by atoms with E-state index in [-0.39, 0.29) is 12.2 Å². The van der Waals surface area contributed by atoms with E-state index in [0.29, 0.717) is 6.04 Å². The summed E-state index contributed by atoms with van der Waals surface area (Å²) in [5, 5.41) is 0. The number of para-hydroxylation sites is 1. The Balaban J connectivity index is 1.57. The van der Waals surface area contributed by atoms with Crippen molar-refractivity contribution in [3.63, 3.8) is 0 Å². The summed E-state index contributed by atoms with van der Waals surface area (Å²) < 4.78 is 10.9. The summed E-state index contributed by atoms with van der Waals surface area (Å²) in [7, 11) is 3.41. The number of fused-ring (bicyclic) bond motifs is 1. The predicted molar refractivity (Wildman–Crippen MR) is 110 cm³/mol. The molecule has 4 nitrogen and oxygen atoms in total. The van der Waals surface area contributed by atoms with Crippen LogP contribution in [0.2, 0.25) is 0 Å². The van der Waals surface area contributed by atoms with Crippen molar-refractivity contribution in [3.05, 3.63) is 95.6 Å². The van der Waals surface area contributed by atoms with Crippen LogP contribution in [0.15, 0.2) is 83.9 Å². The largest absolute Gasteiger partial charge is 0.497 e. The molecule has 0 saturated carbocycles. The van der Waals surface area contributed by atoms with E-state index >= 15 is 0 Å². The molecule has 28 heavy (non-hydrogen) atoms. The van der Waals surface area contributed by atoms with Gasteiger partial charge in [-0.3, -0.25) is 9.89 Å². The number of aliphatic imine (C=N–C) groups is 1. The minimum atomic E-state index is -0.0385. The summed E-state index contributed by atoms with van der Waals surface area (Å²) in [5.74, 6) is 1.74. The molecule has 3 aromatic carbocycles. The highest BCUT2D eigenvalue weighted by atomic mass is 16.5. The van der Waals surface area contributed by atoms with Gasteiger partial charge in [-0.15, -0.1) is 0 Å². The van der Waals surface area contributed by atoms with E-state index in [4.69, 9.17) is 14.5 Å². The molecule has 0 N–H and O–H groups in total. The van der Waals surface area contributed by atoms with Gasteiger partial charge in [0.15, 0.2) is 0 Å². The zero-order valence-corrected chi connectivity index (χ0v) is 15.9. The summed E-state index contributed by atoms with van der Waals surface area (Å²) in [6.07, 6.45) is -0.0385. The molecule has 0 bridgehead atoms. The van der Waals surface area contributed by atoms with Crippen LogP contribution in [0.3, 0.4) is 0 Å². The molecule has 0 amide bonds. The Morgan fingerprint density at radius 2 is 1.46 bits per heavy atom. The fourth-order valence-electron chi connectivity index (χ4n) is 4.24. The quantitative estimate of drug-likeness (QED) is 0.614. The molecule has 0 spiro atoms. The molecular formula is C24H22N2O2. The van der Waals surface area contributed by atoms with Crippen molar-refractivity contribution in [1.82, 2.24) is 4.90 Å². The molecule has 1 unspecified atom stereocenters. The summed E-state index contributed by atoms with van der Waals surface area (Å²) in [4.78, 5) is 7.59. The fraction of sp³-hybridized carbons (Fsp3) is 0.208. The normalized spacial score (nSPS) is 25.0. The highest BCUT2D eigenvalue weighted by Crippen LogP contribution is 2.56. The third kappa shape index (κ3) is 2.69. The summed E-state index contributed by atoms with van der Waals surface area (Å²) >= 11 is 0. The lowest BCUT2D eigenvalue weighted by molar-refractivity contribution is 0.366. The second kappa shape index (κ2) is 6.80. The molecule has 2 aliphatic heterocycles. The molecule has 140 valence electrons. The third-order valence-electron chi connectivity index (χ3n) is 5.62. The third-order valence-corrected chi connectivity index (χ3v) is 5.62. The molecule has 2 heterocycles. The summed E-state index contributed by atoms with van der Waals surface area (Å²) in [6, 6.07) is 27.7. The number of methoxy groups -OCH3 is 2. The first-order chi connectivity index (χ1) is 13.8. The van der Waals surface area contributed by atoms with E-state index in [1.807, 2.05) is 24.3 Å². The van der Waals surface area contributed by atoms with Gasteiger partial charge in [0.25, 0.3) is 0 Å². The molecule has 0 radical (unpaired) electrons. The van der Waals surface area contributed by atoms with Crippen LogP contribution >= 0.6 is 0 Å². The number of nitrogens with zero attached hydrogens (tertiary/aromatic N) is 2. The van der Waals surface area contributed by atoms with Crippen LogP contribution in [0.25, 0.3) is 0 Å². The zero-order valence-electron chi connectivity index (χ0n) is 15.9. The molecule has 1 fully saturated rings. The van der Waals surface area contributed by atoms with Crippen molar-refractivity contribution in [1.29, 1.82) is 0 Å². The first-order valence-corrected chi connectivity index (χ1v) is 9.49. The standard InChI is InChI=1S/C24H22N2O2/c1-27-18-14-12-16(13-15-18)21-23-22(17-8-4-3-5-9-17)26(23)24(25-21)19-10-6-7-11-20(19)28-2/h3-15,22-24H,1-2H3/t22-,23-,24+,26?/m0/s1. The van der Waals surface area contributed by atoms with Crippen molar-refractivity contribution in [2.75, 3.05) is 14.2 Å². The lowest BCUT2D eigenvalue weighted by Crippen LogP contribution is -2.09. The van der Waals surface area contributed by atoms with E-state index in [2.05, 4.69) is 59.5 Å². The summed E-state index contributed by atoms with van der Waals surface area (Å²) in [6.45, 7) is 0. The van der Waals surface area contributed by atoms with Gasteiger partial charge in [0.2, 0.25) is 0 Å². The van der Waals surface area contributed by atoms with Crippen LogP contribution in [-0.4, -0.2) is 30.9 Å². The molecular weight excluding hydrogens is 348 g/mol. The van der Waals surface area contributed by atoms with Crippen LogP contribution in [-0.2, 0) is 0 Å². The maximum atomic E-state index is 5.62. The Kier molecular flexibility index (Phi) is 4.14. The zero-order chi connectivity index (χ0) is 19.1. The predicted octanol–water partition coefficient (Wildman–Crippen LogP) is 4.63. The van der Waals surface area contributed by atoms with Crippen LogP contribution in [0.1, 0.15) is 28.9 Å². The molecule has 1 saturated heterocycles. The van der Waals surface area contributed by atoms with Gasteiger partial charge in [-0.25, -0.2) is 0 Å². The molecule has 0 aromatic heterocycles. The number of benzene rings is 3. The molecule has 0 aliphatic carbocycles. The van der Waals surface area contributed by atoms with E-state index in [0.717, 1.165) is 28.3 Å². The highest BCUT2D eigenvalue weighted by molar-refractivity contribution is 6.08. The van der Waals surface area contributed by atoms with Gasteiger partial charge >= 0.3 is 0 Å². The monoisotopic (exact) mass is 370 g/mol. The highest BCUT2D eigenvalue weighted by Gasteiger charge is 2.59. The van der Waals surface area contributed by atoms with Gasteiger partial charge < -0.3 is 9.47 Å². The van der Waals surface area contributed by atoms with E-state index in [9.17, 15) is 0 Å².